The van der Waals surface area contributed by atoms with E-state index in [2.05, 4.69) is 40.2 Å². The maximum atomic E-state index is 5.92. The first kappa shape index (κ1) is 22.8. The fourth-order valence-electron chi connectivity index (χ4n) is 3.89. The first-order chi connectivity index (χ1) is 17.2. The number of aryl methyl sites for hydroxylation is 1. The summed E-state index contributed by atoms with van der Waals surface area (Å²) < 4.78 is 8.83. The smallest absolute Gasteiger partial charge is 0.163 e. The molecule has 4 aromatic carbocycles. The van der Waals surface area contributed by atoms with Crippen LogP contribution < -0.4 is 4.74 Å². The molecule has 0 aliphatic carbocycles. The van der Waals surface area contributed by atoms with E-state index in [0.29, 0.717) is 6.61 Å². The van der Waals surface area contributed by atoms with Crippen LogP contribution in [0.3, 0.4) is 0 Å². The van der Waals surface area contributed by atoms with Crippen LogP contribution in [0.25, 0.3) is 16.8 Å². The summed E-state index contributed by atoms with van der Waals surface area (Å²) in [5.74, 6) is 1.61. The number of ether oxygens (including phenoxy) is 1. The highest BCUT2D eigenvalue weighted by atomic mass is 79.9. The van der Waals surface area contributed by atoms with E-state index >= 15 is 0 Å². The fourth-order valence-corrected chi connectivity index (χ4v) is 4.29. The molecule has 4 nitrogen and oxygen atoms in total. The van der Waals surface area contributed by atoms with E-state index in [0.717, 1.165) is 49.7 Å². The SMILES string of the molecule is Cc1nn(-c2ccccc2)c(N=Cc2ccc(OCc3ccccc3)cc2)c1-c1cccc(Br)c1. The van der Waals surface area contributed by atoms with E-state index in [1.54, 1.807) is 0 Å². The summed E-state index contributed by atoms with van der Waals surface area (Å²) >= 11 is 3.59. The van der Waals surface area contributed by atoms with Gasteiger partial charge < -0.3 is 4.74 Å². The van der Waals surface area contributed by atoms with Crippen molar-refractivity contribution in [3.63, 3.8) is 0 Å². The Kier molecular flexibility index (Phi) is 6.87. The molecule has 0 fully saturated rings. The lowest BCUT2D eigenvalue weighted by atomic mass is 10.1. The third-order valence-electron chi connectivity index (χ3n) is 5.61. The first-order valence-electron chi connectivity index (χ1n) is 11.4. The molecule has 0 saturated carbocycles. The first-order valence-corrected chi connectivity index (χ1v) is 12.2. The summed E-state index contributed by atoms with van der Waals surface area (Å²) in [6.45, 7) is 2.56. The minimum absolute atomic E-state index is 0.541. The highest BCUT2D eigenvalue weighted by Crippen LogP contribution is 2.36. The molecule has 0 aliphatic heterocycles. The number of benzene rings is 4. The highest BCUT2D eigenvalue weighted by Gasteiger charge is 2.17. The van der Waals surface area contributed by atoms with E-state index in [1.807, 2.05) is 103 Å². The Hall–Kier alpha value is -3.96. The Morgan fingerprint density at radius 3 is 2.29 bits per heavy atom. The molecule has 1 heterocycles. The van der Waals surface area contributed by atoms with Crippen molar-refractivity contribution < 1.29 is 4.74 Å². The Morgan fingerprint density at radius 1 is 0.857 bits per heavy atom. The molecule has 0 bridgehead atoms. The number of hydrogen-bond acceptors (Lipinski definition) is 3. The van der Waals surface area contributed by atoms with Gasteiger partial charge in [-0.05, 0) is 72.1 Å². The van der Waals surface area contributed by atoms with Crippen molar-refractivity contribution in [2.45, 2.75) is 13.5 Å². The van der Waals surface area contributed by atoms with Crippen molar-refractivity contribution in [3.8, 4) is 22.6 Å². The van der Waals surface area contributed by atoms with Crippen LogP contribution in [0.1, 0.15) is 16.8 Å². The maximum absolute atomic E-state index is 5.92. The molecule has 5 rings (SSSR count). The predicted molar refractivity (Wildman–Crippen MR) is 146 cm³/mol. The number of aliphatic imine (C=N–C) groups is 1. The molecular formula is C30H24BrN3O. The molecule has 1 aromatic heterocycles. The molecule has 0 amide bonds. The molecular weight excluding hydrogens is 498 g/mol. The van der Waals surface area contributed by atoms with Gasteiger partial charge in [-0.3, -0.25) is 0 Å². The van der Waals surface area contributed by atoms with E-state index in [-0.39, 0.29) is 0 Å². The molecule has 0 spiro atoms. The Bertz CT molecular complexity index is 1440. The summed E-state index contributed by atoms with van der Waals surface area (Å²) in [4.78, 5) is 4.92. The standard InChI is InChI=1S/C30H24BrN3O/c1-22-29(25-11-8-12-26(31)19-25)30(34(33-22)27-13-6-3-7-14-27)32-20-23-15-17-28(18-16-23)35-21-24-9-4-2-5-10-24/h2-20H,21H2,1H3. The number of halogens is 1. The van der Waals surface area contributed by atoms with Crippen molar-refractivity contribution >= 4 is 28.0 Å². The molecule has 0 radical (unpaired) electrons. The van der Waals surface area contributed by atoms with Crippen LogP contribution in [0.4, 0.5) is 5.82 Å². The normalized spacial score (nSPS) is 11.1. The average Bonchev–Trinajstić information content (AvgIpc) is 3.24. The molecule has 0 saturated heterocycles. The number of nitrogens with zero attached hydrogens (tertiary/aromatic N) is 3. The van der Waals surface area contributed by atoms with Gasteiger partial charge in [-0.15, -0.1) is 0 Å². The van der Waals surface area contributed by atoms with Gasteiger partial charge in [0.15, 0.2) is 5.82 Å². The van der Waals surface area contributed by atoms with Gasteiger partial charge in [0.25, 0.3) is 0 Å². The Morgan fingerprint density at radius 2 is 1.57 bits per heavy atom. The average molecular weight is 522 g/mol. The molecule has 5 heteroatoms. The number of rotatable bonds is 7. The lowest BCUT2D eigenvalue weighted by Gasteiger charge is -2.07. The summed E-state index contributed by atoms with van der Waals surface area (Å²) in [5, 5.41) is 4.83. The van der Waals surface area contributed by atoms with Gasteiger partial charge in [0.1, 0.15) is 12.4 Å². The fraction of sp³-hybridized carbons (Fsp3) is 0.0667. The quantitative estimate of drug-likeness (QED) is 0.204. The number of para-hydroxylation sites is 1. The molecule has 0 N–H and O–H groups in total. The van der Waals surface area contributed by atoms with E-state index < -0.39 is 0 Å². The monoisotopic (exact) mass is 521 g/mol. The highest BCUT2D eigenvalue weighted by molar-refractivity contribution is 9.10. The van der Waals surface area contributed by atoms with E-state index in [1.165, 1.54) is 0 Å². The number of aromatic nitrogens is 2. The Balaban J connectivity index is 1.45. The van der Waals surface area contributed by atoms with Crippen LogP contribution in [-0.4, -0.2) is 16.0 Å². The van der Waals surface area contributed by atoms with Gasteiger partial charge in [0, 0.05) is 16.3 Å². The van der Waals surface area contributed by atoms with Gasteiger partial charge >= 0.3 is 0 Å². The van der Waals surface area contributed by atoms with Crippen LogP contribution in [0, 0.1) is 6.92 Å². The summed E-state index contributed by atoms with van der Waals surface area (Å²) in [6, 6.07) is 36.4. The lowest BCUT2D eigenvalue weighted by Crippen LogP contribution is -1.96. The Labute approximate surface area is 213 Å². The second-order valence-electron chi connectivity index (χ2n) is 8.14. The zero-order valence-electron chi connectivity index (χ0n) is 19.3. The van der Waals surface area contributed by atoms with Crippen molar-refractivity contribution in [2.24, 2.45) is 4.99 Å². The van der Waals surface area contributed by atoms with Gasteiger partial charge in [0.2, 0.25) is 0 Å². The van der Waals surface area contributed by atoms with E-state index in [4.69, 9.17) is 14.8 Å². The summed E-state index contributed by atoms with van der Waals surface area (Å²) in [6.07, 6.45) is 1.87. The predicted octanol–water partition coefficient (Wildman–Crippen LogP) is 7.94. The topological polar surface area (TPSA) is 39.4 Å². The molecule has 35 heavy (non-hydrogen) atoms. The molecule has 0 unspecified atom stereocenters. The van der Waals surface area contributed by atoms with Crippen LogP contribution >= 0.6 is 15.9 Å². The largest absolute Gasteiger partial charge is 0.489 e. The van der Waals surface area contributed by atoms with Gasteiger partial charge in [-0.2, -0.15) is 5.10 Å². The van der Waals surface area contributed by atoms with Crippen molar-refractivity contribution in [3.05, 3.63) is 130 Å². The van der Waals surface area contributed by atoms with Crippen LogP contribution in [-0.2, 0) is 6.61 Å². The molecule has 172 valence electrons. The van der Waals surface area contributed by atoms with Crippen molar-refractivity contribution in [1.82, 2.24) is 9.78 Å². The third kappa shape index (κ3) is 5.42. The minimum atomic E-state index is 0.541. The second kappa shape index (κ2) is 10.5. The van der Waals surface area contributed by atoms with Gasteiger partial charge in [0.05, 0.1) is 11.4 Å². The van der Waals surface area contributed by atoms with E-state index in [9.17, 15) is 0 Å². The van der Waals surface area contributed by atoms with Gasteiger partial charge in [-0.25, -0.2) is 9.67 Å². The van der Waals surface area contributed by atoms with Crippen molar-refractivity contribution in [2.75, 3.05) is 0 Å². The summed E-state index contributed by atoms with van der Waals surface area (Å²) in [7, 11) is 0. The number of hydrogen-bond donors (Lipinski definition) is 0. The lowest BCUT2D eigenvalue weighted by molar-refractivity contribution is 0.306. The second-order valence-corrected chi connectivity index (χ2v) is 9.06. The molecule has 0 atom stereocenters. The van der Waals surface area contributed by atoms with Crippen LogP contribution in [0.2, 0.25) is 0 Å². The minimum Gasteiger partial charge on any atom is -0.489 e. The van der Waals surface area contributed by atoms with Crippen LogP contribution in [0.5, 0.6) is 5.75 Å². The van der Waals surface area contributed by atoms with Gasteiger partial charge in [-0.1, -0.05) is 76.6 Å². The summed E-state index contributed by atoms with van der Waals surface area (Å²) in [5.41, 5.74) is 6.08. The zero-order valence-corrected chi connectivity index (χ0v) is 20.9. The molecule has 5 aromatic rings. The zero-order chi connectivity index (χ0) is 24.0. The third-order valence-corrected chi connectivity index (χ3v) is 6.11. The molecule has 0 aliphatic rings. The van der Waals surface area contributed by atoms with Crippen molar-refractivity contribution in [1.29, 1.82) is 0 Å². The maximum Gasteiger partial charge on any atom is 0.163 e. The van der Waals surface area contributed by atoms with Crippen LogP contribution in [0.15, 0.2) is 119 Å².